The molecule has 0 saturated heterocycles. The molecule has 0 unspecified atom stereocenters. The summed E-state index contributed by atoms with van der Waals surface area (Å²) in [5, 5.41) is 33.2. The van der Waals surface area contributed by atoms with Gasteiger partial charge in [-0.1, -0.05) is 113 Å². The Hall–Kier alpha value is -5.17. The van der Waals surface area contributed by atoms with E-state index in [4.69, 9.17) is 4.43 Å². The number of fused-ring (bicyclic) bond motifs is 2. The largest absolute Gasteiger partial charge is 0.465 e. The topological polar surface area (TPSA) is 147 Å². The summed E-state index contributed by atoms with van der Waals surface area (Å²) in [6.07, 6.45) is 4.54. The first-order valence-electron chi connectivity index (χ1n) is 17.4. The van der Waals surface area contributed by atoms with E-state index in [1.54, 1.807) is 12.4 Å². The molecule has 4 N–H and O–H groups in total. The molecule has 6 aromatic rings. The van der Waals surface area contributed by atoms with Gasteiger partial charge in [0, 0.05) is 24.2 Å². The van der Waals surface area contributed by atoms with Gasteiger partial charge in [0.15, 0.2) is 5.82 Å². The van der Waals surface area contributed by atoms with E-state index in [2.05, 4.69) is 107 Å². The molecule has 1 amide bonds. The molecule has 51 heavy (non-hydrogen) atoms. The van der Waals surface area contributed by atoms with Crippen molar-refractivity contribution in [3.63, 3.8) is 0 Å². The molecular formula is C39H45N7O4Si. The number of anilines is 2. The molecule has 0 aliphatic rings. The normalized spacial score (nSPS) is 12.6. The number of pyridine rings is 1. The number of carboxylic acid groups (broad SMARTS) is 1. The number of rotatable bonds is 14. The lowest BCUT2D eigenvalue weighted by molar-refractivity contribution is 0.209. The molecular weight excluding hydrogens is 659 g/mol. The zero-order valence-corrected chi connectivity index (χ0v) is 30.5. The number of hydrogen-bond acceptors (Lipinski definition) is 8. The summed E-state index contributed by atoms with van der Waals surface area (Å²) in [4.78, 5) is 25.4. The average Bonchev–Trinajstić information content (AvgIpc) is 3.52. The summed E-state index contributed by atoms with van der Waals surface area (Å²) < 4.78 is 9.04. The molecule has 0 fully saturated rings. The van der Waals surface area contributed by atoms with E-state index in [1.807, 2.05) is 41.1 Å². The average molecular weight is 704 g/mol. The fraction of sp³-hybridized carbons (Fsp3) is 0.308. The van der Waals surface area contributed by atoms with E-state index in [0.717, 1.165) is 34.9 Å². The van der Waals surface area contributed by atoms with E-state index < -0.39 is 14.4 Å². The molecule has 6 rings (SSSR count). The molecule has 264 valence electrons. The number of amides is 1. The fourth-order valence-electron chi connectivity index (χ4n) is 7.03. The van der Waals surface area contributed by atoms with Crippen LogP contribution in [0.3, 0.4) is 0 Å². The SMILES string of the molecule is CCC[C@@H](CCO[Si](c1ccccc1)(c1ccccc1)C(C)(C)C)Nc1nc(NC(=O)O)nc2cnn(Cc3ccc(CO)c4cccnc34)c12. The third-order valence-corrected chi connectivity index (χ3v) is 14.4. The number of nitrogens with zero attached hydrogens (tertiary/aromatic N) is 5. The Morgan fingerprint density at radius 1 is 0.922 bits per heavy atom. The summed E-state index contributed by atoms with van der Waals surface area (Å²) in [5.41, 5.74) is 3.63. The van der Waals surface area contributed by atoms with Crippen molar-refractivity contribution in [3.8, 4) is 0 Å². The maximum Gasteiger partial charge on any atom is 0.411 e. The van der Waals surface area contributed by atoms with Gasteiger partial charge < -0.3 is 20.0 Å². The number of benzene rings is 3. The fourth-order valence-corrected chi connectivity index (χ4v) is 11.6. The molecule has 0 saturated carbocycles. The van der Waals surface area contributed by atoms with E-state index in [1.165, 1.54) is 10.4 Å². The van der Waals surface area contributed by atoms with Crippen LogP contribution in [-0.4, -0.2) is 62.0 Å². The van der Waals surface area contributed by atoms with Gasteiger partial charge in [-0.15, -0.1) is 0 Å². The van der Waals surface area contributed by atoms with Crippen molar-refractivity contribution in [3.05, 3.63) is 108 Å². The summed E-state index contributed by atoms with van der Waals surface area (Å²) in [6, 6.07) is 28.8. The molecule has 12 heteroatoms. The lowest BCUT2D eigenvalue weighted by atomic mass is 10.0. The maximum atomic E-state index is 11.6. The van der Waals surface area contributed by atoms with Crippen LogP contribution >= 0.6 is 0 Å². The van der Waals surface area contributed by atoms with E-state index >= 15 is 0 Å². The highest BCUT2D eigenvalue weighted by Crippen LogP contribution is 2.37. The van der Waals surface area contributed by atoms with E-state index in [0.29, 0.717) is 36.4 Å². The van der Waals surface area contributed by atoms with Crippen LogP contribution in [0.2, 0.25) is 5.04 Å². The minimum atomic E-state index is -2.74. The Morgan fingerprint density at radius 3 is 2.24 bits per heavy atom. The lowest BCUT2D eigenvalue weighted by Crippen LogP contribution is -2.66. The second-order valence-corrected chi connectivity index (χ2v) is 18.0. The summed E-state index contributed by atoms with van der Waals surface area (Å²) in [6.45, 7) is 9.73. The molecule has 3 aromatic carbocycles. The first kappa shape index (κ1) is 35.6. The van der Waals surface area contributed by atoms with Crippen molar-refractivity contribution in [1.29, 1.82) is 0 Å². The van der Waals surface area contributed by atoms with Gasteiger partial charge in [-0.05, 0) is 45.4 Å². The van der Waals surface area contributed by atoms with Crippen molar-refractivity contribution >= 4 is 58.5 Å². The molecule has 0 radical (unpaired) electrons. The third-order valence-electron chi connectivity index (χ3n) is 9.32. The number of carbonyl (C=O) groups is 1. The van der Waals surface area contributed by atoms with Gasteiger partial charge in [0.05, 0.1) is 24.9 Å². The first-order valence-corrected chi connectivity index (χ1v) is 19.3. The van der Waals surface area contributed by atoms with Crippen LogP contribution < -0.4 is 21.0 Å². The summed E-state index contributed by atoms with van der Waals surface area (Å²) >= 11 is 0. The highest BCUT2D eigenvalue weighted by atomic mass is 28.4. The van der Waals surface area contributed by atoms with Gasteiger partial charge in [-0.2, -0.15) is 10.1 Å². The van der Waals surface area contributed by atoms with E-state index in [9.17, 15) is 15.0 Å². The third kappa shape index (κ3) is 7.48. The van der Waals surface area contributed by atoms with E-state index in [-0.39, 0.29) is 23.6 Å². The lowest BCUT2D eigenvalue weighted by Gasteiger charge is -2.43. The van der Waals surface area contributed by atoms with Gasteiger partial charge in [-0.3, -0.25) is 15.0 Å². The number of nitrogens with one attached hydrogen (secondary N) is 2. The molecule has 0 aliphatic carbocycles. The monoisotopic (exact) mass is 703 g/mol. The van der Waals surface area contributed by atoms with Crippen LogP contribution in [0.4, 0.5) is 16.6 Å². The minimum absolute atomic E-state index is 0.0322. The zero-order valence-electron chi connectivity index (χ0n) is 29.5. The van der Waals surface area contributed by atoms with Gasteiger partial charge in [0.2, 0.25) is 5.95 Å². The molecule has 0 bridgehead atoms. The van der Waals surface area contributed by atoms with Crippen LogP contribution in [0.25, 0.3) is 21.9 Å². The smallest absolute Gasteiger partial charge is 0.411 e. The van der Waals surface area contributed by atoms with Crippen molar-refractivity contribution in [2.24, 2.45) is 0 Å². The molecule has 0 aliphatic heterocycles. The second kappa shape index (κ2) is 15.4. The highest BCUT2D eigenvalue weighted by Gasteiger charge is 2.50. The van der Waals surface area contributed by atoms with Crippen LogP contribution in [0, 0.1) is 0 Å². The Kier molecular flexibility index (Phi) is 10.7. The Morgan fingerprint density at radius 2 is 1.61 bits per heavy atom. The maximum absolute atomic E-state index is 11.6. The van der Waals surface area contributed by atoms with Crippen molar-refractivity contribution < 1.29 is 19.4 Å². The first-order chi connectivity index (χ1) is 24.6. The Bertz CT molecular complexity index is 2060. The predicted octanol–water partition coefficient (Wildman–Crippen LogP) is 6.55. The van der Waals surface area contributed by atoms with Crippen LogP contribution in [0.15, 0.2) is 97.3 Å². The van der Waals surface area contributed by atoms with Crippen LogP contribution in [-0.2, 0) is 17.6 Å². The number of hydrogen-bond donors (Lipinski definition) is 4. The quantitative estimate of drug-likeness (QED) is 0.0928. The summed E-state index contributed by atoms with van der Waals surface area (Å²) in [7, 11) is -2.74. The molecule has 1 atom stereocenters. The van der Waals surface area contributed by atoms with Gasteiger partial charge in [0.1, 0.15) is 11.0 Å². The molecule has 3 heterocycles. The van der Waals surface area contributed by atoms with Gasteiger partial charge in [0.25, 0.3) is 8.32 Å². The van der Waals surface area contributed by atoms with Crippen molar-refractivity contribution in [2.75, 3.05) is 17.2 Å². The minimum Gasteiger partial charge on any atom is -0.465 e. The van der Waals surface area contributed by atoms with Crippen molar-refractivity contribution in [1.82, 2.24) is 24.7 Å². The number of aliphatic hydroxyl groups excluding tert-OH is 1. The van der Waals surface area contributed by atoms with Crippen LogP contribution in [0.5, 0.6) is 0 Å². The van der Waals surface area contributed by atoms with Crippen LogP contribution in [0.1, 0.15) is 58.1 Å². The van der Waals surface area contributed by atoms with Crippen molar-refractivity contribution in [2.45, 2.75) is 71.2 Å². The Balaban J connectivity index is 1.34. The van der Waals surface area contributed by atoms with Gasteiger partial charge >= 0.3 is 6.09 Å². The zero-order chi connectivity index (χ0) is 36.0. The second-order valence-electron chi connectivity index (χ2n) is 13.7. The van der Waals surface area contributed by atoms with Gasteiger partial charge in [-0.25, -0.2) is 9.78 Å². The Labute approximate surface area is 298 Å². The number of aromatic nitrogens is 5. The molecule has 3 aromatic heterocycles. The summed E-state index contributed by atoms with van der Waals surface area (Å²) in [5.74, 6) is 0.449. The predicted molar refractivity (Wildman–Crippen MR) is 204 cm³/mol. The molecule has 11 nitrogen and oxygen atoms in total. The number of aliphatic hydroxyl groups is 1. The highest BCUT2D eigenvalue weighted by molar-refractivity contribution is 6.99. The standard InChI is InChI=1S/C39H45N7O4Si/c1-5-13-29(21-23-50-51(39(2,3)4,30-14-8-6-9-15-30)31-16-10-7-11-17-31)42-36-35-33(43-37(44-36)45-38(48)49)24-41-46(35)25-27-19-20-28(26-47)32-18-12-22-40-34(27)32/h6-12,14-20,22,24,29,47H,5,13,21,23,25-26H2,1-4H3,(H,48,49)(H2,42,43,44,45)/t29-/m0/s1. The molecule has 0 spiro atoms.